The second kappa shape index (κ2) is 6.71. The molecule has 0 fully saturated rings. The van der Waals surface area contributed by atoms with Crippen molar-refractivity contribution in [2.24, 2.45) is 0 Å². The van der Waals surface area contributed by atoms with Crippen molar-refractivity contribution in [2.75, 3.05) is 5.88 Å². The maximum atomic E-state index is 10.3. The number of halogens is 1. The standard InChI is InChI=1S/C16H17ClO2/c17-11-10-15(18)16(19)14-9-5-4-8-13(14)12-6-2-1-3-7-12/h1-9,15-16,18-19H,10-11H2. The Morgan fingerprint density at radius 2 is 1.53 bits per heavy atom. The Morgan fingerprint density at radius 1 is 0.895 bits per heavy atom. The van der Waals surface area contributed by atoms with Gasteiger partial charge in [0.2, 0.25) is 0 Å². The minimum absolute atomic E-state index is 0.325. The maximum Gasteiger partial charge on any atom is 0.105 e. The summed E-state index contributed by atoms with van der Waals surface area (Å²) in [6, 6.07) is 17.4. The lowest BCUT2D eigenvalue weighted by Crippen LogP contribution is -2.19. The van der Waals surface area contributed by atoms with Crippen LogP contribution < -0.4 is 0 Å². The molecular weight excluding hydrogens is 260 g/mol. The summed E-state index contributed by atoms with van der Waals surface area (Å²) in [7, 11) is 0. The van der Waals surface area contributed by atoms with Gasteiger partial charge in [-0.25, -0.2) is 0 Å². The Hall–Kier alpha value is -1.35. The first-order chi connectivity index (χ1) is 9.24. The van der Waals surface area contributed by atoms with Crippen LogP contribution in [0, 0.1) is 0 Å². The van der Waals surface area contributed by atoms with Crippen molar-refractivity contribution < 1.29 is 10.2 Å². The van der Waals surface area contributed by atoms with Crippen molar-refractivity contribution in [1.29, 1.82) is 0 Å². The fourth-order valence-electron chi connectivity index (χ4n) is 2.11. The van der Waals surface area contributed by atoms with Crippen LogP contribution in [0.4, 0.5) is 0 Å². The van der Waals surface area contributed by atoms with Gasteiger partial charge in [0, 0.05) is 5.88 Å². The van der Waals surface area contributed by atoms with Gasteiger partial charge in [0.15, 0.2) is 0 Å². The highest BCUT2D eigenvalue weighted by atomic mass is 35.5. The number of hydrogen-bond donors (Lipinski definition) is 2. The lowest BCUT2D eigenvalue weighted by molar-refractivity contribution is 0.0173. The van der Waals surface area contributed by atoms with E-state index in [9.17, 15) is 10.2 Å². The number of benzene rings is 2. The Bertz CT molecular complexity index is 513. The van der Waals surface area contributed by atoms with Crippen molar-refractivity contribution in [3.8, 4) is 11.1 Å². The average molecular weight is 277 g/mol. The lowest BCUT2D eigenvalue weighted by Gasteiger charge is -2.20. The summed E-state index contributed by atoms with van der Waals surface area (Å²) >= 11 is 5.61. The molecule has 0 radical (unpaired) electrons. The van der Waals surface area contributed by atoms with Crippen molar-refractivity contribution in [1.82, 2.24) is 0 Å². The molecule has 0 amide bonds. The third-order valence-corrected chi connectivity index (χ3v) is 3.35. The fourth-order valence-corrected chi connectivity index (χ4v) is 2.34. The van der Waals surface area contributed by atoms with Crippen LogP contribution in [-0.2, 0) is 0 Å². The van der Waals surface area contributed by atoms with E-state index < -0.39 is 12.2 Å². The van der Waals surface area contributed by atoms with E-state index in [1.54, 1.807) is 0 Å². The van der Waals surface area contributed by atoms with Gasteiger partial charge in [0.05, 0.1) is 6.10 Å². The topological polar surface area (TPSA) is 40.5 Å². The molecule has 3 heteroatoms. The van der Waals surface area contributed by atoms with E-state index in [1.807, 2.05) is 54.6 Å². The molecule has 0 saturated heterocycles. The molecule has 19 heavy (non-hydrogen) atoms. The summed E-state index contributed by atoms with van der Waals surface area (Å²) in [6.07, 6.45) is -1.40. The van der Waals surface area contributed by atoms with Crippen LogP contribution in [0.5, 0.6) is 0 Å². The number of hydrogen-bond acceptors (Lipinski definition) is 2. The van der Waals surface area contributed by atoms with E-state index in [4.69, 9.17) is 11.6 Å². The van der Waals surface area contributed by atoms with Crippen molar-refractivity contribution >= 4 is 11.6 Å². The summed E-state index contributed by atoms with van der Waals surface area (Å²) in [6.45, 7) is 0. The van der Waals surface area contributed by atoms with Gasteiger partial charge in [0.25, 0.3) is 0 Å². The number of alkyl halides is 1. The predicted molar refractivity (Wildman–Crippen MR) is 78.2 cm³/mol. The van der Waals surface area contributed by atoms with Gasteiger partial charge in [-0.15, -0.1) is 11.6 Å². The summed E-state index contributed by atoms with van der Waals surface area (Å²) in [4.78, 5) is 0. The monoisotopic (exact) mass is 276 g/mol. The van der Waals surface area contributed by atoms with Gasteiger partial charge in [-0.1, -0.05) is 54.6 Å². The first kappa shape index (κ1) is 14.1. The first-order valence-corrected chi connectivity index (χ1v) is 6.84. The Balaban J connectivity index is 2.36. The van der Waals surface area contributed by atoms with Crippen molar-refractivity contribution in [2.45, 2.75) is 18.6 Å². The third kappa shape index (κ3) is 3.35. The van der Waals surface area contributed by atoms with Crippen LogP contribution in [0.15, 0.2) is 54.6 Å². The highest BCUT2D eigenvalue weighted by Gasteiger charge is 2.20. The molecule has 2 atom stereocenters. The molecule has 2 aromatic carbocycles. The van der Waals surface area contributed by atoms with Gasteiger partial charge in [-0.2, -0.15) is 0 Å². The van der Waals surface area contributed by atoms with Crippen LogP contribution in [-0.4, -0.2) is 22.2 Å². The van der Waals surface area contributed by atoms with Crippen LogP contribution in [0.2, 0.25) is 0 Å². The van der Waals surface area contributed by atoms with Crippen LogP contribution in [0.25, 0.3) is 11.1 Å². The largest absolute Gasteiger partial charge is 0.390 e. The minimum Gasteiger partial charge on any atom is -0.390 e. The molecule has 0 aliphatic carbocycles. The maximum absolute atomic E-state index is 10.3. The molecule has 0 aliphatic heterocycles. The molecule has 100 valence electrons. The van der Waals surface area contributed by atoms with E-state index in [0.717, 1.165) is 16.7 Å². The number of aliphatic hydroxyl groups is 2. The summed E-state index contributed by atoms with van der Waals surface area (Å²) in [5.74, 6) is 0.325. The zero-order valence-corrected chi connectivity index (χ0v) is 11.3. The van der Waals surface area contributed by atoms with Gasteiger partial charge >= 0.3 is 0 Å². The van der Waals surface area contributed by atoms with E-state index in [0.29, 0.717) is 12.3 Å². The average Bonchev–Trinajstić information content (AvgIpc) is 2.47. The summed E-state index contributed by atoms with van der Waals surface area (Å²) in [5, 5.41) is 20.2. The number of rotatable bonds is 5. The van der Waals surface area contributed by atoms with Gasteiger partial charge in [0.1, 0.15) is 6.10 Å². The molecule has 0 heterocycles. The molecule has 2 unspecified atom stereocenters. The molecule has 0 saturated carbocycles. The zero-order valence-electron chi connectivity index (χ0n) is 10.5. The van der Waals surface area contributed by atoms with E-state index in [-0.39, 0.29) is 0 Å². The van der Waals surface area contributed by atoms with Gasteiger partial charge < -0.3 is 10.2 Å². The molecule has 2 aromatic rings. The summed E-state index contributed by atoms with van der Waals surface area (Å²) in [5.41, 5.74) is 2.69. The predicted octanol–water partition coefficient (Wildman–Crippen LogP) is 3.38. The van der Waals surface area contributed by atoms with E-state index >= 15 is 0 Å². The molecule has 0 aliphatic rings. The molecule has 2 rings (SSSR count). The fraction of sp³-hybridized carbons (Fsp3) is 0.250. The molecule has 0 bridgehead atoms. The van der Waals surface area contributed by atoms with Gasteiger partial charge in [-0.05, 0) is 23.1 Å². The normalized spacial score (nSPS) is 14.1. The third-order valence-electron chi connectivity index (χ3n) is 3.13. The quantitative estimate of drug-likeness (QED) is 0.822. The highest BCUT2D eigenvalue weighted by Crippen LogP contribution is 2.30. The van der Waals surface area contributed by atoms with E-state index in [2.05, 4.69) is 0 Å². The second-order valence-corrected chi connectivity index (χ2v) is 4.82. The molecule has 2 N–H and O–H groups in total. The molecule has 0 aromatic heterocycles. The molecule has 2 nitrogen and oxygen atoms in total. The minimum atomic E-state index is -0.921. The Kier molecular flexibility index (Phi) is 4.97. The second-order valence-electron chi connectivity index (χ2n) is 4.44. The molecule has 0 spiro atoms. The van der Waals surface area contributed by atoms with Crippen LogP contribution >= 0.6 is 11.6 Å². The lowest BCUT2D eigenvalue weighted by atomic mass is 9.93. The van der Waals surface area contributed by atoms with E-state index in [1.165, 1.54) is 0 Å². The first-order valence-electron chi connectivity index (χ1n) is 6.30. The van der Waals surface area contributed by atoms with Crippen LogP contribution in [0.3, 0.4) is 0 Å². The van der Waals surface area contributed by atoms with Crippen molar-refractivity contribution in [3.05, 3.63) is 60.2 Å². The zero-order chi connectivity index (χ0) is 13.7. The Morgan fingerprint density at radius 3 is 2.21 bits per heavy atom. The summed E-state index contributed by atoms with van der Waals surface area (Å²) < 4.78 is 0. The van der Waals surface area contributed by atoms with Crippen LogP contribution in [0.1, 0.15) is 18.1 Å². The molecular formula is C16H17ClO2. The van der Waals surface area contributed by atoms with Gasteiger partial charge in [-0.3, -0.25) is 0 Å². The van der Waals surface area contributed by atoms with Crippen molar-refractivity contribution in [3.63, 3.8) is 0 Å². The Labute approximate surface area is 118 Å². The number of aliphatic hydroxyl groups excluding tert-OH is 2. The SMILES string of the molecule is OC(CCCl)C(O)c1ccccc1-c1ccccc1. The smallest absolute Gasteiger partial charge is 0.105 e. The highest BCUT2D eigenvalue weighted by molar-refractivity contribution is 6.17.